The molecule has 162 valence electrons. The van der Waals surface area contributed by atoms with E-state index in [0.29, 0.717) is 30.2 Å². The quantitative estimate of drug-likeness (QED) is 0.493. The zero-order valence-electron chi connectivity index (χ0n) is 18.2. The molecule has 0 fully saturated rings. The molecule has 2 amide bonds. The summed E-state index contributed by atoms with van der Waals surface area (Å²) in [7, 11) is 0. The molecule has 1 N–H and O–H groups in total. The Morgan fingerprint density at radius 2 is 1.83 bits per heavy atom. The summed E-state index contributed by atoms with van der Waals surface area (Å²) in [6.07, 6.45) is 0.936. The normalized spacial score (nSPS) is 11.9. The number of carbonyl (C=O) groups excluding carboxylic acids is 2. The lowest BCUT2D eigenvalue weighted by molar-refractivity contribution is -0.141. The number of rotatable bonds is 10. The molecule has 2 rings (SSSR count). The highest BCUT2D eigenvalue weighted by molar-refractivity contribution is 7.99. The van der Waals surface area contributed by atoms with Crippen molar-refractivity contribution in [2.24, 2.45) is 0 Å². The summed E-state index contributed by atoms with van der Waals surface area (Å²) < 4.78 is 0. The topological polar surface area (TPSA) is 49.4 Å². The summed E-state index contributed by atoms with van der Waals surface area (Å²) in [5, 5.41) is 3.66. The Labute approximate surface area is 189 Å². The molecule has 0 aliphatic carbocycles. The van der Waals surface area contributed by atoms with E-state index in [0.717, 1.165) is 16.0 Å². The first-order valence-corrected chi connectivity index (χ1v) is 11.7. The predicted octanol–water partition coefficient (Wildman–Crippen LogP) is 5.46. The molecule has 0 saturated carbocycles. The summed E-state index contributed by atoms with van der Waals surface area (Å²) in [6, 6.07) is 15.2. The molecule has 4 nitrogen and oxygen atoms in total. The van der Waals surface area contributed by atoms with E-state index in [2.05, 4.69) is 11.4 Å². The molecule has 2 aromatic carbocycles. The zero-order valence-corrected chi connectivity index (χ0v) is 19.7. The van der Waals surface area contributed by atoms with Crippen molar-refractivity contribution in [3.63, 3.8) is 0 Å². The molecule has 30 heavy (non-hydrogen) atoms. The SMILES string of the molecule is CC[C@H](C(=O)NC(C)C)N(Cc1cccc(C)c1)C(=O)CCSc1ccc(Cl)cc1. The van der Waals surface area contributed by atoms with Crippen molar-refractivity contribution in [2.45, 2.75) is 64.1 Å². The van der Waals surface area contributed by atoms with Crippen molar-refractivity contribution in [3.05, 3.63) is 64.7 Å². The summed E-state index contributed by atoms with van der Waals surface area (Å²) in [4.78, 5) is 28.8. The summed E-state index contributed by atoms with van der Waals surface area (Å²) >= 11 is 7.55. The summed E-state index contributed by atoms with van der Waals surface area (Å²) in [6.45, 7) is 8.26. The minimum atomic E-state index is -0.485. The second-order valence-corrected chi connectivity index (χ2v) is 9.26. The number of amides is 2. The van der Waals surface area contributed by atoms with Crippen LogP contribution in [0.3, 0.4) is 0 Å². The van der Waals surface area contributed by atoms with Crippen LogP contribution in [-0.2, 0) is 16.1 Å². The zero-order chi connectivity index (χ0) is 22.1. The Balaban J connectivity index is 2.12. The lowest BCUT2D eigenvalue weighted by atomic mass is 10.1. The van der Waals surface area contributed by atoms with Crippen LogP contribution >= 0.6 is 23.4 Å². The van der Waals surface area contributed by atoms with Gasteiger partial charge < -0.3 is 10.2 Å². The van der Waals surface area contributed by atoms with Crippen LogP contribution in [0.1, 0.15) is 44.7 Å². The first-order chi connectivity index (χ1) is 14.3. The fourth-order valence-corrected chi connectivity index (χ4v) is 4.20. The predicted molar refractivity (Wildman–Crippen MR) is 126 cm³/mol. The highest BCUT2D eigenvalue weighted by Gasteiger charge is 2.28. The maximum absolute atomic E-state index is 13.2. The maximum Gasteiger partial charge on any atom is 0.243 e. The molecule has 0 radical (unpaired) electrons. The van der Waals surface area contributed by atoms with E-state index in [9.17, 15) is 9.59 Å². The van der Waals surface area contributed by atoms with Crippen LogP contribution in [0.4, 0.5) is 0 Å². The number of aryl methyl sites for hydroxylation is 1. The average molecular weight is 447 g/mol. The highest BCUT2D eigenvalue weighted by Crippen LogP contribution is 2.22. The van der Waals surface area contributed by atoms with Crippen molar-refractivity contribution in [1.82, 2.24) is 10.2 Å². The van der Waals surface area contributed by atoms with E-state index in [4.69, 9.17) is 11.6 Å². The molecule has 0 aliphatic rings. The van der Waals surface area contributed by atoms with Crippen molar-refractivity contribution < 1.29 is 9.59 Å². The minimum Gasteiger partial charge on any atom is -0.352 e. The van der Waals surface area contributed by atoms with Gasteiger partial charge in [-0.1, -0.05) is 48.4 Å². The maximum atomic E-state index is 13.2. The van der Waals surface area contributed by atoms with Gasteiger partial charge in [-0.25, -0.2) is 0 Å². The Hall–Kier alpha value is -1.98. The van der Waals surface area contributed by atoms with Gasteiger partial charge in [0.1, 0.15) is 6.04 Å². The molecular weight excluding hydrogens is 416 g/mol. The largest absolute Gasteiger partial charge is 0.352 e. The average Bonchev–Trinajstić information content (AvgIpc) is 2.68. The monoisotopic (exact) mass is 446 g/mol. The van der Waals surface area contributed by atoms with Gasteiger partial charge in [0, 0.05) is 34.7 Å². The van der Waals surface area contributed by atoms with Gasteiger partial charge in [0.05, 0.1) is 0 Å². The van der Waals surface area contributed by atoms with Gasteiger partial charge in [-0.15, -0.1) is 11.8 Å². The minimum absolute atomic E-state index is 0.0104. The van der Waals surface area contributed by atoms with Crippen LogP contribution in [0.15, 0.2) is 53.4 Å². The first-order valence-electron chi connectivity index (χ1n) is 10.3. The van der Waals surface area contributed by atoms with Gasteiger partial charge in [0.25, 0.3) is 0 Å². The number of benzene rings is 2. The molecule has 0 saturated heterocycles. The number of halogens is 1. The second kappa shape index (κ2) is 12.0. The number of hydrogen-bond donors (Lipinski definition) is 1. The molecule has 0 heterocycles. The van der Waals surface area contributed by atoms with Crippen LogP contribution in [0.25, 0.3) is 0 Å². The van der Waals surface area contributed by atoms with Crippen LogP contribution in [0.5, 0.6) is 0 Å². The van der Waals surface area contributed by atoms with Crippen molar-refractivity contribution in [1.29, 1.82) is 0 Å². The van der Waals surface area contributed by atoms with Gasteiger partial charge in [-0.3, -0.25) is 9.59 Å². The number of carbonyl (C=O) groups is 2. The van der Waals surface area contributed by atoms with Crippen LogP contribution < -0.4 is 5.32 Å². The number of thioether (sulfide) groups is 1. The van der Waals surface area contributed by atoms with Gasteiger partial charge >= 0.3 is 0 Å². The van der Waals surface area contributed by atoms with Crippen LogP contribution in [0.2, 0.25) is 5.02 Å². The van der Waals surface area contributed by atoms with Crippen molar-refractivity contribution in [3.8, 4) is 0 Å². The van der Waals surface area contributed by atoms with Gasteiger partial charge in [0.15, 0.2) is 0 Å². The number of nitrogens with one attached hydrogen (secondary N) is 1. The first kappa shape index (κ1) is 24.3. The highest BCUT2D eigenvalue weighted by atomic mass is 35.5. The van der Waals surface area contributed by atoms with Crippen LogP contribution in [-0.4, -0.2) is 34.6 Å². The fraction of sp³-hybridized carbons (Fsp3) is 0.417. The lowest BCUT2D eigenvalue weighted by Gasteiger charge is -2.31. The lowest BCUT2D eigenvalue weighted by Crippen LogP contribution is -2.50. The van der Waals surface area contributed by atoms with E-state index >= 15 is 0 Å². The molecule has 0 bridgehead atoms. The van der Waals surface area contributed by atoms with E-state index < -0.39 is 6.04 Å². The Morgan fingerprint density at radius 3 is 2.43 bits per heavy atom. The third-order valence-corrected chi connectivity index (χ3v) is 5.92. The number of nitrogens with zero attached hydrogens (tertiary/aromatic N) is 1. The van der Waals surface area contributed by atoms with E-state index in [1.165, 1.54) is 0 Å². The van der Waals surface area contributed by atoms with E-state index in [-0.39, 0.29) is 17.9 Å². The molecular formula is C24H31ClN2O2S. The second-order valence-electron chi connectivity index (χ2n) is 7.65. The number of hydrogen-bond acceptors (Lipinski definition) is 3. The third-order valence-electron chi connectivity index (χ3n) is 4.65. The molecule has 6 heteroatoms. The Morgan fingerprint density at radius 1 is 1.13 bits per heavy atom. The van der Waals surface area contributed by atoms with Crippen molar-refractivity contribution >= 4 is 35.2 Å². The van der Waals surface area contributed by atoms with Gasteiger partial charge in [-0.2, -0.15) is 0 Å². The Kier molecular flexibility index (Phi) is 9.73. The molecule has 0 spiro atoms. The van der Waals surface area contributed by atoms with E-state index in [1.807, 2.05) is 70.2 Å². The molecule has 0 aliphatic heterocycles. The molecule has 0 aromatic heterocycles. The molecule has 1 atom stereocenters. The third kappa shape index (κ3) is 7.69. The van der Waals surface area contributed by atoms with Crippen LogP contribution in [0, 0.1) is 6.92 Å². The fourth-order valence-electron chi connectivity index (χ4n) is 3.24. The summed E-state index contributed by atoms with van der Waals surface area (Å²) in [5.74, 6) is 0.537. The standard InChI is InChI=1S/C24H31ClN2O2S/c1-5-22(24(29)26-17(2)3)27(16-19-8-6-7-18(4)15-19)23(28)13-14-30-21-11-9-20(25)10-12-21/h6-12,15,17,22H,5,13-14,16H2,1-4H3,(H,26,29)/t22-/m1/s1. The Bertz CT molecular complexity index is 839. The van der Waals surface area contributed by atoms with Crippen molar-refractivity contribution in [2.75, 3.05) is 5.75 Å². The van der Waals surface area contributed by atoms with E-state index in [1.54, 1.807) is 16.7 Å². The smallest absolute Gasteiger partial charge is 0.243 e. The molecule has 2 aromatic rings. The van der Waals surface area contributed by atoms with Gasteiger partial charge in [-0.05, 0) is 57.0 Å². The molecule has 0 unspecified atom stereocenters. The summed E-state index contributed by atoms with van der Waals surface area (Å²) in [5.41, 5.74) is 2.17. The van der Waals surface area contributed by atoms with Gasteiger partial charge in [0.2, 0.25) is 11.8 Å².